The van der Waals surface area contributed by atoms with E-state index in [4.69, 9.17) is 5.73 Å². The van der Waals surface area contributed by atoms with Crippen LogP contribution in [0.25, 0.3) is 0 Å². The monoisotopic (exact) mass is 307 g/mol. The average molecular weight is 307 g/mol. The molecule has 2 aromatic rings. The van der Waals surface area contributed by atoms with Crippen LogP contribution in [0.3, 0.4) is 0 Å². The minimum absolute atomic E-state index is 0.189. The summed E-state index contributed by atoms with van der Waals surface area (Å²) in [6.45, 7) is 1.10. The number of alkyl halides is 3. The van der Waals surface area contributed by atoms with Crippen molar-refractivity contribution in [1.29, 1.82) is 0 Å². The van der Waals surface area contributed by atoms with E-state index in [1.165, 1.54) is 6.07 Å². The van der Waals surface area contributed by atoms with E-state index < -0.39 is 11.7 Å². The molecule has 0 amide bonds. The van der Waals surface area contributed by atoms with Gasteiger partial charge in [0.15, 0.2) is 0 Å². The topological polar surface area (TPSA) is 42.1 Å². The first-order valence-corrected chi connectivity index (χ1v) is 7.02. The Labute approximate surface area is 126 Å². The van der Waals surface area contributed by atoms with Crippen LogP contribution in [0.4, 0.5) is 13.2 Å². The zero-order valence-electron chi connectivity index (χ0n) is 11.8. The molecule has 3 rings (SSSR count). The molecular formula is C16H16F3N3. The van der Waals surface area contributed by atoms with Crippen molar-refractivity contribution in [3.63, 3.8) is 0 Å². The van der Waals surface area contributed by atoms with Gasteiger partial charge in [-0.15, -0.1) is 0 Å². The molecule has 1 aromatic carbocycles. The summed E-state index contributed by atoms with van der Waals surface area (Å²) in [6.07, 6.45) is -0.981. The van der Waals surface area contributed by atoms with Crippen molar-refractivity contribution >= 4 is 0 Å². The number of nitrogens with two attached hydrogens (primary N) is 1. The molecule has 2 heterocycles. The van der Waals surface area contributed by atoms with Gasteiger partial charge < -0.3 is 5.73 Å². The maximum atomic E-state index is 13.2. The van der Waals surface area contributed by atoms with Crippen molar-refractivity contribution in [2.24, 2.45) is 5.73 Å². The van der Waals surface area contributed by atoms with Crippen LogP contribution in [0.15, 0.2) is 42.7 Å². The van der Waals surface area contributed by atoms with Crippen molar-refractivity contribution < 1.29 is 13.2 Å². The number of hydrogen-bond acceptors (Lipinski definition) is 3. The molecule has 0 bridgehead atoms. The van der Waals surface area contributed by atoms with Gasteiger partial charge in [-0.05, 0) is 34.9 Å². The van der Waals surface area contributed by atoms with Crippen LogP contribution in [0.1, 0.15) is 28.3 Å². The molecule has 0 fully saturated rings. The van der Waals surface area contributed by atoms with Gasteiger partial charge in [-0.1, -0.05) is 12.1 Å². The van der Waals surface area contributed by atoms with Crippen LogP contribution in [0, 0.1) is 0 Å². The smallest absolute Gasteiger partial charge is 0.329 e. The highest BCUT2D eigenvalue weighted by atomic mass is 19.4. The summed E-state index contributed by atoms with van der Waals surface area (Å²) >= 11 is 0. The summed E-state index contributed by atoms with van der Waals surface area (Å²) in [7, 11) is 0. The van der Waals surface area contributed by atoms with Gasteiger partial charge in [0.1, 0.15) is 0 Å². The third kappa shape index (κ3) is 2.71. The lowest BCUT2D eigenvalue weighted by Crippen LogP contribution is -2.27. The zero-order chi connectivity index (χ0) is 15.7. The molecule has 116 valence electrons. The summed E-state index contributed by atoms with van der Waals surface area (Å²) in [5.41, 5.74) is 7.30. The quantitative estimate of drug-likeness (QED) is 0.947. The highest BCUT2D eigenvalue weighted by Crippen LogP contribution is 2.41. The van der Waals surface area contributed by atoms with Gasteiger partial charge in [-0.3, -0.25) is 9.88 Å². The predicted molar refractivity (Wildman–Crippen MR) is 76.7 cm³/mol. The van der Waals surface area contributed by atoms with E-state index in [1.807, 2.05) is 17.0 Å². The van der Waals surface area contributed by atoms with Crippen LogP contribution < -0.4 is 5.73 Å². The van der Waals surface area contributed by atoms with Crippen LogP contribution in [-0.2, 0) is 19.3 Å². The minimum Gasteiger partial charge on any atom is -0.329 e. The first-order valence-electron chi connectivity index (χ1n) is 7.02. The molecule has 1 atom stereocenters. The highest BCUT2D eigenvalue weighted by Gasteiger charge is 2.39. The number of halogens is 3. The maximum Gasteiger partial charge on any atom is 0.416 e. The third-order valence-corrected chi connectivity index (χ3v) is 4.04. The first-order chi connectivity index (χ1) is 10.5. The lowest BCUT2D eigenvalue weighted by atomic mass is 9.99. The van der Waals surface area contributed by atoms with Crippen molar-refractivity contribution in [2.75, 3.05) is 6.54 Å². The Kier molecular flexibility index (Phi) is 3.88. The molecule has 1 aromatic heterocycles. The summed E-state index contributed by atoms with van der Waals surface area (Å²) in [5.74, 6) is 0. The molecule has 1 unspecified atom stereocenters. The van der Waals surface area contributed by atoms with Gasteiger partial charge >= 0.3 is 6.18 Å². The molecule has 0 aliphatic carbocycles. The van der Waals surface area contributed by atoms with E-state index in [1.54, 1.807) is 18.5 Å². The Morgan fingerprint density at radius 3 is 2.55 bits per heavy atom. The number of pyridine rings is 1. The Morgan fingerprint density at radius 2 is 1.91 bits per heavy atom. The van der Waals surface area contributed by atoms with Crippen molar-refractivity contribution in [2.45, 2.75) is 25.3 Å². The largest absolute Gasteiger partial charge is 0.416 e. The normalized spacial score (nSPS) is 18.5. The molecule has 2 N–H and O–H groups in total. The van der Waals surface area contributed by atoms with E-state index in [-0.39, 0.29) is 12.6 Å². The zero-order valence-corrected chi connectivity index (χ0v) is 11.8. The van der Waals surface area contributed by atoms with Crippen molar-refractivity contribution in [3.05, 3.63) is 65.0 Å². The van der Waals surface area contributed by atoms with Crippen LogP contribution in [-0.4, -0.2) is 16.4 Å². The number of benzene rings is 1. The SMILES string of the molecule is NCC1c2cccc(C(F)(F)F)c2CN1Cc1ccncc1. The predicted octanol–water partition coefficient (Wildman–Crippen LogP) is 3.12. The van der Waals surface area contributed by atoms with E-state index in [2.05, 4.69) is 4.98 Å². The molecule has 6 heteroatoms. The summed E-state index contributed by atoms with van der Waals surface area (Å²) in [5, 5.41) is 0. The standard InChI is InChI=1S/C16H16F3N3/c17-16(18,19)14-3-1-2-12-13(14)10-22(15(12)8-20)9-11-4-6-21-7-5-11/h1-7,15H,8-10,20H2. The molecule has 1 aliphatic heterocycles. The molecule has 3 nitrogen and oxygen atoms in total. The molecule has 22 heavy (non-hydrogen) atoms. The lowest BCUT2D eigenvalue weighted by molar-refractivity contribution is -0.138. The number of hydrogen-bond donors (Lipinski definition) is 1. The summed E-state index contributed by atoms with van der Waals surface area (Å²) in [4.78, 5) is 5.93. The van der Waals surface area contributed by atoms with E-state index >= 15 is 0 Å². The lowest BCUT2D eigenvalue weighted by Gasteiger charge is -2.23. The van der Waals surface area contributed by atoms with Gasteiger partial charge in [0.25, 0.3) is 0 Å². The fourth-order valence-electron chi connectivity index (χ4n) is 3.03. The highest BCUT2D eigenvalue weighted by molar-refractivity contribution is 5.42. The van der Waals surface area contributed by atoms with Crippen LogP contribution in [0.5, 0.6) is 0 Å². The molecule has 0 saturated heterocycles. The molecule has 0 saturated carbocycles. The Hall–Kier alpha value is -1.92. The number of fused-ring (bicyclic) bond motifs is 1. The molecule has 1 aliphatic rings. The number of nitrogens with zero attached hydrogens (tertiary/aromatic N) is 2. The first kappa shape index (κ1) is 15.0. The Bertz CT molecular complexity index is 655. The van der Waals surface area contributed by atoms with Gasteiger partial charge in [-0.25, -0.2) is 0 Å². The van der Waals surface area contributed by atoms with Gasteiger partial charge in [0.05, 0.1) is 5.56 Å². The van der Waals surface area contributed by atoms with Crippen LogP contribution >= 0.6 is 0 Å². The van der Waals surface area contributed by atoms with Crippen molar-refractivity contribution in [3.8, 4) is 0 Å². The van der Waals surface area contributed by atoms with Gasteiger partial charge in [-0.2, -0.15) is 13.2 Å². The summed E-state index contributed by atoms with van der Waals surface area (Å²) < 4.78 is 39.5. The molecule has 0 spiro atoms. The van der Waals surface area contributed by atoms with E-state index in [9.17, 15) is 13.2 Å². The summed E-state index contributed by atoms with van der Waals surface area (Å²) in [6, 6.07) is 7.88. The second-order valence-electron chi connectivity index (χ2n) is 5.38. The van der Waals surface area contributed by atoms with E-state index in [0.29, 0.717) is 24.2 Å². The fraction of sp³-hybridized carbons (Fsp3) is 0.312. The Morgan fingerprint density at radius 1 is 1.18 bits per heavy atom. The maximum absolute atomic E-state index is 13.2. The minimum atomic E-state index is -4.34. The fourth-order valence-corrected chi connectivity index (χ4v) is 3.03. The molecular weight excluding hydrogens is 291 g/mol. The second kappa shape index (κ2) is 5.70. The van der Waals surface area contributed by atoms with Crippen molar-refractivity contribution in [1.82, 2.24) is 9.88 Å². The number of rotatable bonds is 3. The van der Waals surface area contributed by atoms with Gasteiger partial charge in [0.2, 0.25) is 0 Å². The number of aromatic nitrogens is 1. The third-order valence-electron chi connectivity index (χ3n) is 4.04. The molecule has 0 radical (unpaired) electrons. The van der Waals surface area contributed by atoms with E-state index in [0.717, 1.165) is 11.6 Å². The van der Waals surface area contributed by atoms with Crippen LogP contribution in [0.2, 0.25) is 0 Å². The second-order valence-corrected chi connectivity index (χ2v) is 5.38. The Balaban J connectivity index is 1.94. The van der Waals surface area contributed by atoms with Gasteiger partial charge in [0, 0.05) is 38.1 Å². The average Bonchev–Trinajstić information content (AvgIpc) is 2.84.